The third-order valence-corrected chi connectivity index (χ3v) is 6.63. The van der Waals surface area contributed by atoms with Gasteiger partial charge in [0.05, 0.1) is 0 Å². The van der Waals surface area contributed by atoms with Crippen LogP contribution in [-0.4, -0.2) is 63.6 Å². The number of hydrogen-bond donors (Lipinski definition) is 1. The summed E-state index contributed by atoms with van der Waals surface area (Å²) in [6, 6.07) is 7.42. The fourth-order valence-corrected chi connectivity index (χ4v) is 4.53. The standard InChI is InChI=1S/C18H22N8O2S/c1-14-20-18(13-24(14)2)29(27,28)26-11-9-25(10-12-26)17-4-3-16(22-23-17)21-15-5-7-19-8-6-15/h3-8,13H,9-12H2,1-2H3,(H,19,21,22). The second kappa shape index (κ2) is 7.76. The molecule has 29 heavy (non-hydrogen) atoms. The van der Waals surface area contributed by atoms with Crippen LogP contribution in [0.1, 0.15) is 5.82 Å². The van der Waals surface area contributed by atoms with E-state index in [9.17, 15) is 8.42 Å². The maximum Gasteiger partial charge on any atom is 0.262 e. The molecule has 3 aromatic rings. The Morgan fingerprint density at radius 1 is 1.00 bits per heavy atom. The van der Waals surface area contributed by atoms with Crippen LogP contribution in [0.3, 0.4) is 0 Å². The highest BCUT2D eigenvalue weighted by Crippen LogP contribution is 2.20. The maximum atomic E-state index is 12.8. The highest BCUT2D eigenvalue weighted by Gasteiger charge is 2.31. The molecule has 152 valence electrons. The maximum absolute atomic E-state index is 12.8. The first-order valence-corrected chi connectivity index (χ1v) is 10.6. The van der Waals surface area contributed by atoms with Crippen molar-refractivity contribution in [1.29, 1.82) is 0 Å². The van der Waals surface area contributed by atoms with Crippen LogP contribution in [0.4, 0.5) is 17.3 Å². The normalized spacial score (nSPS) is 15.4. The Hall–Kier alpha value is -3.05. The van der Waals surface area contributed by atoms with E-state index in [4.69, 9.17) is 0 Å². The molecular formula is C18H22N8O2S. The van der Waals surface area contributed by atoms with Crippen molar-refractivity contribution in [1.82, 2.24) is 29.0 Å². The van der Waals surface area contributed by atoms with Crippen LogP contribution in [0.5, 0.6) is 0 Å². The van der Waals surface area contributed by atoms with Gasteiger partial charge < -0.3 is 14.8 Å². The zero-order valence-electron chi connectivity index (χ0n) is 16.2. The highest BCUT2D eigenvalue weighted by molar-refractivity contribution is 7.89. The minimum absolute atomic E-state index is 0.0947. The predicted octanol–water partition coefficient (Wildman–Crippen LogP) is 1.17. The number of sulfonamides is 1. The second-order valence-electron chi connectivity index (χ2n) is 6.77. The van der Waals surface area contributed by atoms with Gasteiger partial charge in [-0.15, -0.1) is 10.2 Å². The summed E-state index contributed by atoms with van der Waals surface area (Å²) < 4.78 is 28.8. The minimum Gasteiger partial charge on any atom is -0.352 e. The monoisotopic (exact) mass is 414 g/mol. The molecule has 3 aromatic heterocycles. The lowest BCUT2D eigenvalue weighted by atomic mass is 10.3. The molecule has 0 spiro atoms. The highest BCUT2D eigenvalue weighted by atomic mass is 32.2. The quantitative estimate of drug-likeness (QED) is 0.663. The molecule has 1 saturated heterocycles. The lowest BCUT2D eigenvalue weighted by Gasteiger charge is -2.33. The Labute approximate surface area is 169 Å². The van der Waals surface area contributed by atoms with E-state index in [-0.39, 0.29) is 5.03 Å². The molecular weight excluding hydrogens is 392 g/mol. The van der Waals surface area contributed by atoms with Crippen molar-refractivity contribution in [2.24, 2.45) is 7.05 Å². The van der Waals surface area contributed by atoms with Gasteiger partial charge in [-0.1, -0.05) is 0 Å². The number of aryl methyl sites for hydroxylation is 2. The number of pyridine rings is 1. The third kappa shape index (κ3) is 4.05. The van der Waals surface area contributed by atoms with Crippen molar-refractivity contribution in [2.75, 3.05) is 36.4 Å². The molecule has 0 aliphatic carbocycles. The minimum atomic E-state index is -3.59. The van der Waals surface area contributed by atoms with Crippen molar-refractivity contribution in [3.05, 3.63) is 48.7 Å². The average molecular weight is 414 g/mol. The fraction of sp³-hybridized carbons (Fsp3) is 0.333. The van der Waals surface area contributed by atoms with Crippen LogP contribution in [0.15, 0.2) is 47.9 Å². The number of imidazole rings is 1. The van der Waals surface area contributed by atoms with Crippen LogP contribution >= 0.6 is 0 Å². The molecule has 1 aliphatic rings. The average Bonchev–Trinajstić information content (AvgIpc) is 3.09. The predicted molar refractivity (Wildman–Crippen MR) is 108 cm³/mol. The summed E-state index contributed by atoms with van der Waals surface area (Å²) in [4.78, 5) is 10.2. The summed E-state index contributed by atoms with van der Waals surface area (Å²) >= 11 is 0. The van der Waals surface area contributed by atoms with Crippen molar-refractivity contribution >= 4 is 27.3 Å². The molecule has 0 saturated carbocycles. The Balaban J connectivity index is 1.39. The molecule has 0 amide bonds. The molecule has 4 heterocycles. The first-order chi connectivity index (χ1) is 13.9. The van der Waals surface area contributed by atoms with Crippen molar-refractivity contribution in [2.45, 2.75) is 11.9 Å². The number of nitrogens with one attached hydrogen (secondary N) is 1. The molecule has 10 nitrogen and oxygen atoms in total. The van der Waals surface area contributed by atoms with Gasteiger partial charge in [0, 0.05) is 57.5 Å². The van der Waals surface area contributed by atoms with Crippen LogP contribution in [-0.2, 0) is 17.1 Å². The SMILES string of the molecule is Cc1nc(S(=O)(=O)N2CCN(c3ccc(Nc4ccncc4)nn3)CC2)cn1C. The van der Waals surface area contributed by atoms with Gasteiger partial charge in [0.25, 0.3) is 10.0 Å². The van der Waals surface area contributed by atoms with Gasteiger partial charge in [0.1, 0.15) is 5.82 Å². The fourth-order valence-electron chi connectivity index (χ4n) is 3.08. The lowest BCUT2D eigenvalue weighted by molar-refractivity contribution is 0.382. The molecule has 1 aliphatic heterocycles. The summed E-state index contributed by atoms with van der Waals surface area (Å²) in [5.41, 5.74) is 0.880. The molecule has 0 unspecified atom stereocenters. The van der Waals surface area contributed by atoms with Gasteiger partial charge in [0.15, 0.2) is 16.7 Å². The van der Waals surface area contributed by atoms with Gasteiger partial charge in [-0.3, -0.25) is 4.98 Å². The molecule has 4 rings (SSSR count). The number of anilines is 3. The lowest BCUT2D eigenvalue weighted by Crippen LogP contribution is -2.49. The molecule has 0 radical (unpaired) electrons. The molecule has 0 atom stereocenters. The van der Waals surface area contributed by atoms with E-state index >= 15 is 0 Å². The van der Waals surface area contributed by atoms with Crippen LogP contribution in [0, 0.1) is 6.92 Å². The van der Waals surface area contributed by atoms with Gasteiger partial charge >= 0.3 is 0 Å². The third-order valence-electron chi connectivity index (χ3n) is 4.86. The van der Waals surface area contributed by atoms with Gasteiger partial charge in [0.2, 0.25) is 0 Å². The zero-order chi connectivity index (χ0) is 20.4. The van der Waals surface area contributed by atoms with E-state index in [1.807, 2.05) is 29.2 Å². The van der Waals surface area contributed by atoms with E-state index in [1.165, 1.54) is 4.31 Å². The molecule has 1 N–H and O–H groups in total. The molecule has 0 aromatic carbocycles. The van der Waals surface area contributed by atoms with E-state index in [0.29, 0.717) is 37.8 Å². The largest absolute Gasteiger partial charge is 0.352 e. The summed E-state index contributed by atoms with van der Waals surface area (Å²) in [5, 5.41) is 11.7. The van der Waals surface area contributed by atoms with Crippen molar-refractivity contribution in [3.63, 3.8) is 0 Å². The van der Waals surface area contributed by atoms with Crippen molar-refractivity contribution in [3.8, 4) is 0 Å². The number of aromatic nitrogens is 5. The van der Waals surface area contributed by atoms with Crippen LogP contribution in [0.2, 0.25) is 0 Å². The summed E-state index contributed by atoms with van der Waals surface area (Å²) in [7, 11) is -1.80. The number of hydrogen-bond acceptors (Lipinski definition) is 8. The first kappa shape index (κ1) is 19.3. The van der Waals surface area contributed by atoms with E-state index in [0.717, 1.165) is 11.5 Å². The first-order valence-electron chi connectivity index (χ1n) is 9.19. The van der Waals surface area contributed by atoms with E-state index in [1.54, 1.807) is 37.1 Å². The number of rotatable bonds is 5. The van der Waals surface area contributed by atoms with Crippen LogP contribution < -0.4 is 10.2 Å². The smallest absolute Gasteiger partial charge is 0.262 e. The summed E-state index contributed by atoms with van der Waals surface area (Å²) in [6.07, 6.45) is 4.95. The summed E-state index contributed by atoms with van der Waals surface area (Å²) in [6.45, 7) is 3.60. The Bertz CT molecular complexity index is 1060. The number of nitrogens with zero attached hydrogens (tertiary/aromatic N) is 7. The topological polar surface area (TPSA) is 109 Å². The Morgan fingerprint density at radius 2 is 1.72 bits per heavy atom. The Kier molecular flexibility index (Phi) is 5.16. The summed E-state index contributed by atoms with van der Waals surface area (Å²) in [5.74, 6) is 2.01. The Morgan fingerprint density at radius 3 is 2.31 bits per heavy atom. The van der Waals surface area contributed by atoms with E-state index < -0.39 is 10.0 Å². The van der Waals surface area contributed by atoms with Gasteiger partial charge in [-0.2, -0.15) is 4.31 Å². The second-order valence-corrected chi connectivity index (χ2v) is 8.65. The van der Waals surface area contributed by atoms with Crippen LogP contribution in [0.25, 0.3) is 0 Å². The van der Waals surface area contributed by atoms with Gasteiger partial charge in [-0.05, 0) is 31.2 Å². The number of piperazine rings is 1. The zero-order valence-corrected chi connectivity index (χ0v) is 17.0. The van der Waals surface area contributed by atoms with Gasteiger partial charge in [-0.25, -0.2) is 13.4 Å². The van der Waals surface area contributed by atoms with E-state index in [2.05, 4.69) is 25.5 Å². The molecule has 11 heteroatoms. The molecule has 1 fully saturated rings. The molecule has 0 bridgehead atoms. The van der Waals surface area contributed by atoms with Crippen molar-refractivity contribution < 1.29 is 8.42 Å².